The zero-order valence-electron chi connectivity index (χ0n) is 62.0. The zero-order chi connectivity index (χ0) is 70.0. The third-order valence-electron chi connectivity index (χ3n) is 17.7. The first-order valence-electron chi connectivity index (χ1n) is 39.5. The molecule has 0 spiro atoms. The van der Waals surface area contributed by atoms with Gasteiger partial charge in [-0.3, -0.25) is 37.3 Å². The molecule has 0 aromatic carbocycles. The molecule has 0 aliphatic carbocycles. The number of aliphatic hydroxyl groups is 1. The van der Waals surface area contributed by atoms with Crippen LogP contribution in [0.5, 0.6) is 0 Å². The highest BCUT2D eigenvalue weighted by Gasteiger charge is 2.30. The molecule has 0 aliphatic heterocycles. The largest absolute Gasteiger partial charge is 0.472 e. The van der Waals surface area contributed by atoms with E-state index in [2.05, 4.69) is 41.5 Å². The topological polar surface area (TPSA) is 237 Å². The normalized spacial score (nSPS) is 14.0. The molecule has 0 aliphatic rings. The number of esters is 4. The van der Waals surface area contributed by atoms with Crippen LogP contribution in [0.2, 0.25) is 0 Å². The molecule has 0 radical (unpaired) electrons. The molecule has 0 aromatic heterocycles. The molecule has 2 unspecified atom stereocenters. The number of unbranched alkanes of at least 4 members (excludes halogenated alkanes) is 45. The van der Waals surface area contributed by atoms with Gasteiger partial charge in [0, 0.05) is 25.7 Å². The molecule has 95 heavy (non-hydrogen) atoms. The maximum absolute atomic E-state index is 13.1. The van der Waals surface area contributed by atoms with E-state index in [1.165, 1.54) is 205 Å². The average Bonchev–Trinajstić information content (AvgIpc) is 1.91. The van der Waals surface area contributed by atoms with Crippen LogP contribution < -0.4 is 0 Å². The van der Waals surface area contributed by atoms with Gasteiger partial charge in [0.1, 0.15) is 19.3 Å². The second-order valence-corrected chi connectivity index (χ2v) is 31.3. The summed E-state index contributed by atoms with van der Waals surface area (Å²) < 4.78 is 68.5. The summed E-state index contributed by atoms with van der Waals surface area (Å²) in [6, 6.07) is 0. The number of aliphatic hydroxyl groups excluding tert-OH is 1. The van der Waals surface area contributed by atoms with Gasteiger partial charge >= 0.3 is 39.5 Å². The van der Waals surface area contributed by atoms with E-state index in [-0.39, 0.29) is 25.7 Å². The standard InChI is InChI=1S/C76H148O17P2/c1-7-9-11-13-15-17-19-21-23-24-28-31-35-39-46-52-58-73(78)86-64-71(92-75(80)61-55-49-41-37-33-29-25-26-30-34-38-44-50-56-68(3)4)66-90-94(82,83)88-62-70(77)63-89-95(84,85)91-67-72(65-87-74(79)59-53-47-43-42-45-51-57-69(5)6)93-76(81)60-54-48-40-36-32-27-22-20-18-16-14-12-10-8-2/h68-72,77H,7-67H2,1-6H3,(H,82,83)(H,84,85)/t70-,71-,72-/m1/s1. The van der Waals surface area contributed by atoms with Crippen LogP contribution in [0.1, 0.15) is 395 Å². The minimum atomic E-state index is -4.96. The van der Waals surface area contributed by atoms with Crippen LogP contribution in [0.3, 0.4) is 0 Å². The summed E-state index contributed by atoms with van der Waals surface area (Å²) >= 11 is 0. The Hall–Kier alpha value is -1.94. The van der Waals surface area contributed by atoms with Gasteiger partial charge in [-0.1, -0.05) is 343 Å². The summed E-state index contributed by atoms with van der Waals surface area (Å²) in [5.41, 5.74) is 0. The monoisotopic (exact) mass is 1400 g/mol. The fourth-order valence-electron chi connectivity index (χ4n) is 11.7. The number of ether oxygens (including phenoxy) is 4. The summed E-state index contributed by atoms with van der Waals surface area (Å²) in [5.74, 6) is -0.649. The minimum Gasteiger partial charge on any atom is -0.462 e. The Morgan fingerprint density at radius 3 is 0.716 bits per heavy atom. The SMILES string of the molecule is CCCCCCCCCCCCCCCCCCC(=O)OC[C@H](COP(=O)(O)OC[C@@H](O)COP(=O)(O)OC[C@@H](COC(=O)CCCCCCCCC(C)C)OC(=O)CCCCCCCCCCCCCCCC)OC(=O)CCCCCCCCCCCCCCCC(C)C. The van der Waals surface area contributed by atoms with E-state index in [0.29, 0.717) is 31.6 Å². The van der Waals surface area contributed by atoms with Crippen LogP contribution in [0.4, 0.5) is 0 Å². The van der Waals surface area contributed by atoms with Gasteiger partial charge in [0.15, 0.2) is 12.2 Å². The fourth-order valence-corrected chi connectivity index (χ4v) is 13.2. The lowest BCUT2D eigenvalue weighted by atomic mass is 10.0. The van der Waals surface area contributed by atoms with Crippen molar-refractivity contribution < 1.29 is 80.2 Å². The Balaban J connectivity index is 5.24. The number of hydrogen-bond acceptors (Lipinski definition) is 15. The molecule has 3 N–H and O–H groups in total. The molecule has 564 valence electrons. The number of carbonyl (C=O) groups excluding carboxylic acids is 4. The number of carbonyl (C=O) groups is 4. The van der Waals surface area contributed by atoms with E-state index < -0.39 is 97.5 Å². The van der Waals surface area contributed by atoms with Crippen molar-refractivity contribution in [3.8, 4) is 0 Å². The molecule has 0 bridgehead atoms. The maximum Gasteiger partial charge on any atom is 0.472 e. The van der Waals surface area contributed by atoms with E-state index in [4.69, 9.17) is 37.0 Å². The molecule has 0 saturated carbocycles. The third kappa shape index (κ3) is 70.3. The Morgan fingerprint density at radius 2 is 0.484 bits per heavy atom. The van der Waals surface area contributed by atoms with Crippen molar-refractivity contribution in [1.29, 1.82) is 0 Å². The highest BCUT2D eigenvalue weighted by molar-refractivity contribution is 7.47. The molecule has 0 rings (SSSR count). The Kier molecular flexibility index (Phi) is 66.5. The van der Waals surface area contributed by atoms with Gasteiger partial charge in [-0.25, -0.2) is 9.13 Å². The molecule has 17 nitrogen and oxygen atoms in total. The second kappa shape index (κ2) is 67.9. The number of hydrogen-bond donors (Lipinski definition) is 3. The summed E-state index contributed by atoms with van der Waals surface area (Å²) in [6.07, 6.45) is 55.5. The van der Waals surface area contributed by atoms with Crippen molar-refractivity contribution in [3.05, 3.63) is 0 Å². The number of phosphoric ester groups is 2. The highest BCUT2D eigenvalue weighted by atomic mass is 31.2. The molecule has 5 atom stereocenters. The van der Waals surface area contributed by atoms with E-state index in [1.54, 1.807) is 0 Å². The lowest BCUT2D eigenvalue weighted by Gasteiger charge is -2.21. The maximum atomic E-state index is 13.1. The van der Waals surface area contributed by atoms with Crippen LogP contribution >= 0.6 is 15.6 Å². The number of rotatable bonds is 75. The summed E-state index contributed by atoms with van der Waals surface area (Å²) in [4.78, 5) is 72.8. The van der Waals surface area contributed by atoms with Gasteiger partial charge in [0.2, 0.25) is 0 Å². The van der Waals surface area contributed by atoms with E-state index in [0.717, 1.165) is 102 Å². The van der Waals surface area contributed by atoms with Crippen molar-refractivity contribution in [2.75, 3.05) is 39.6 Å². The summed E-state index contributed by atoms with van der Waals surface area (Å²) in [7, 11) is -9.91. The van der Waals surface area contributed by atoms with E-state index in [1.807, 2.05) is 0 Å². The molecule has 0 amide bonds. The van der Waals surface area contributed by atoms with Crippen LogP contribution in [0.15, 0.2) is 0 Å². The van der Waals surface area contributed by atoms with Gasteiger partial charge in [-0.2, -0.15) is 0 Å². The molecule has 0 saturated heterocycles. The molecular formula is C76H148O17P2. The van der Waals surface area contributed by atoms with Gasteiger partial charge in [0.05, 0.1) is 26.4 Å². The van der Waals surface area contributed by atoms with E-state index in [9.17, 15) is 43.2 Å². The second-order valence-electron chi connectivity index (χ2n) is 28.3. The zero-order valence-corrected chi connectivity index (χ0v) is 63.8. The van der Waals surface area contributed by atoms with Crippen molar-refractivity contribution >= 4 is 39.5 Å². The van der Waals surface area contributed by atoms with Crippen LogP contribution in [-0.4, -0.2) is 96.7 Å². The minimum absolute atomic E-state index is 0.107. The van der Waals surface area contributed by atoms with E-state index >= 15 is 0 Å². The van der Waals surface area contributed by atoms with Crippen LogP contribution in [-0.2, 0) is 65.4 Å². The van der Waals surface area contributed by atoms with Crippen molar-refractivity contribution in [2.45, 2.75) is 413 Å². The van der Waals surface area contributed by atoms with Gasteiger partial charge in [-0.05, 0) is 37.5 Å². The third-order valence-corrected chi connectivity index (χ3v) is 19.6. The Labute approximate surface area is 581 Å². The first kappa shape index (κ1) is 93.1. The van der Waals surface area contributed by atoms with Crippen LogP contribution in [0, 0.1) is 11.8 Å². The molecular weight excluding hydrogens is 1250 g/mol. The smallest absolute Gasteiger partial charge is 0.462 e. The first-order valence-corrected chi connectivity index (χ1v) is 42.5. The Bertz CT molecular complexity index is 1840. The first-order chi connectivity index (χ1) is 45.9. The predicted molar refractivity (Wildman–Crippen MR) is 386 cm³/mol. The molecule has 19 heteroatoms. The van der Waals surface area contributed by atoms with Gasteiger partial charge in [0.25, 0.3) is 0 Å². The van der Waals surface area contributed by atoms with Gasteiger partial charge in [-0.15, -0.1) is 0 Å². The molecule has 0 heterocycles. The van der Waals surface area contributed by atoms with Crippen LogP contribution in [0.25, 0.3) is 0 Å². The average molecular weight is 1400 g/mol. The predicted octanol–water partition coefficient (Wildman–Crippen LogP) is 22.3. The Morgan fingerprint density at radius 1 is 0.284 bits per heavy atom. The quantitative estimate of drug-likeness (QED) is 0.0222. The lowest BCUT2D eigenvalue weighted by Crippen LogP contribution is -2.30. The summed E-state index contributed by atoms with van der Waals surface area (Å²) in [6.45, 7) is 9.54. The van der Waals surface area contributed by atoms with Crippen molar-refractivity contribution in [3.63, 3.8) is 0 Å². The molecule has 0 aromatic rings. The lowest BCUT2D eigenvalue weighted by molar-refractivity contribution is -0.161. The fraction of sp³-hybridized carbons (Fsp3) is 0.947. The van der Waals surface area contributed by atoms with Gasteiger partial charge < -0.3 is 33.8 Å². The summed E-state index contributed by atoms with van der Waals surface area (Å²) in [5, 5.41) is 10.6. The van der Waals surface area contributed by atoms with Crippen molar-refractivity contribution in [2.24, 2.45) is 11.8 Å². The molecule has 0 fully saturated rings. The van der Waals surface area contributed by atoms with Crippen molar-refractivity contribution in [1.82, 2.24) is 0 Å². The number of phosphoric acid groups is 2. The highest BCUT2D eigenvalue weighted by Crippen LogP contribution is 2.45.